The Morgan fingerprint density at radius 2 is 2.16 bits per heavy atom. The van der Waals surface area contributed by atoms with Crippen molar-refractivity contribution in [2.75, 3.05) is 13.2 Å². The van der Waals surface area contributed by atoms with Gasteiger partial charge in [0.25, 0.3) is 0 Å². The third kappa shape index (κ3) is 5.67. The molecule has 0 atom stereocenters. The summed E-state index contributed by atoms with van der Waals surface area (Å²) in [6.45, 7) is 4.16. The molecular weight excluding hydrogens is 353 g/mol. The molecule has 5 heteroatoms. The second-order valence-corrected chi connectivity index (χ2v) is 4.59. The summed E-state index contributed by atoms with van der Waals surface area (Å²) >= 11 is 0. The van der Waals surface area contributed by atoms with E-state index in [9.17, 15) is 0 Å². The fourth-order valence-electron chi connectivity index (χ4n) is 1.67. The fourth-order valence-corrected chi connectivity index (χ4v) is 1.67. The van der Waals surface area contributed by atoms with Crippen molar-refractivity contribution in [1.82, 2.24) is 5.32 Å². The lowest BCUT2D eigenvalue weighted by molar-refractivity contribution is 0.297. The van der Waals surface area contributed by atoms with Crippen molar-refractivity contribution in [3.05, 3.63) is 29.8 Å². The molecular formula is C14H22IN3O. The van der Waals surface area contributed by atoms with Gasteiger partial charge >= 0.3 is 0 Å². The first kappa shape index (κ1) is 16.1. The van der Waals surface area contributed by atoms with E-state index in [-0.39, 0.29) is 24.0 Å². The number of benzene rings is 1. The number of nitrogens with zero attached hydrogens (tertiary/aromatic N) is 1. The fraction of sp³-hybridized carbons (Fsp3) is 0.500. The smallest absolute Gasteiger partial charge is 0.188 e. The van der Waals surface area contributed by atoms with Gasteiger partial charge in [-0.3, -0.25) is 0 Å². The summed E-state index contributed by atoms with van der Waals surface area (Å²) in [7, 11) is 0. The molecule has 1 saturated carbocycles. The van der Waals surface area contributed by atoms with Crippen molar-refractivity contribution in [1.29, 1.82) is 0 Å². The highest BCUT2D eigenvalue weighted by molar-refractivity contribution is 14.0. The number of hydrogen-bond acceptors (Lipinski definition) is 2. The van der Waals surface area contributed by atoms with Crippen LogP contribution in [0.2, 0.25) is 0 Å². The number of hydrogen-bond donors (Lipinski definition) is 2. The molecule has 4 nitrogen and oxygen atoms in total. The van der Waals surface area contributed by atoms with E-state index in [0.717, 1.165) is 30.4 Å². The van der Waals surface area contributed by atoms with Gasteiger partial charge < -0.3 is 15.8 Å². The van der Waals surface area contributed by atoms with Crippen LogP contribution >= 0.6 is 24.0 Å². The van der Waals surface area contributed by atoms with Gasteiger partial charge in [-0.05, 0) is 31.7 Å². The molecule has 19 heavy (non-hydrogen) atoms. The number of aliphatic imine (C=N–C) groups is 1. The second-order valence-electron chi connectivity index (χ2n) is 4.59. The topological polar surface area (TPSA) is 59.6 Å². The summed E-state index contributed by atoms with van der Waals surface area (Å²) in [5.41, 5.74) is 6.79. The third-order valence-corrected chi connectivity index (χ3v) is 2.92. The summed E-state index contributed by atoms with van der Waals surface area (Å²) < 4.78 is 5.82. The lowest BCUT2D eigenvalue weighted by atomic mass is 10.2. The van der Waals surface area contributed by atoms with Gasteiger partial charge in [0, 0.05) is 12.1 Å². The summed E-state index contributed by atoms with van der Waals surface area (Å²) in [6, 6.07) is 8.02. The zero-order chi connectivity index (χ0) is 12.8. The molecule has 2 rings (SSSR count). The van der Waals surface area contributed by atoms with Crippen LogP contribution in [0, 0.1) is 5.92 Å². The lowest BCUT2D eigenvalue weighted by Gasteiger charge is -2.10. The highest BCUT2D eigenvalue weighted by Crippen LogP contribution is 2.30. The molecule has 0 spiro atoms. The van der Waals surface area contributed by atoms with Gasteiger partial charge in [-0.2, -0.15) is 0 Å². The molecule has 3 N–H and O–H groups in total. The van der Waals surface area contributed by atoms with Crippen molar-refractivity contribution in [3.8, 4) is 5.75 Å². The number of nitrogens with two attached hydrogens (primary N) is 1. The van der Waals surface area contributed by atoms with Gasteiger partial charge in [0.1, 0.15) is 5.75 Å². The Kier molecular flexibility index (Phi) is 6.97. The molecule has 0 heterocycles. The molecule has 0 radical (unpaired) electrons. The van der Waals surface area contributed by atoms with Crippen LogP contribution in [0.15, 0.2) is 29.3 Å². The molecule has 0 aromatic heterocycles. The molecule has 0 bridgehead atoms. The Morgan fingerprint density at radius 1 is 1.42 bits per heavy atom. The average molecular weight is 375 g/mol. The van der Waals surface area contributed by atoms with Crippen molar-refractivity contribution in [3.63, 3.8) is 0 Å². The highest BCUT2D eigenvalue weighted by Gasteiger charge is 2.22. The minimum absolute atomic E-state index is 0. The van der Waals surface area contributed by atoms with Crippen molar-refractivity contribution >= 4 is 29.9 Å². The molecule has 0 saturated heterocycles. The van der Waals surface area contributed by atoms with E-state index in [1.54, 1.807) is 0 Å². The van der Waals surface area contributed by atoms with Crippen LogP contribution in [0.1, 0.15) is 25.3 Å². The van der Waals surface area contributed by atoms with Crippen LogP contribution < -0.4 is 15.8 Å². The van der Waals surface area contributed by atoms with Gasteiger partial charge in [-0.15, -0.1) is 24.0 Å². The van der Waals surface area contributed by atoms with Gasteiger partial charge in [-0.25, -0.2) is 4.99 Å². The Morgan fingerprint density at radius 3 is 2.84 bits per heavy atom. The lowest BCUT2D eigenvalue weighted by Crippen LogP contribution is -2.31. The summed E-state index contributed by atoms with van der Waals surface area (Å²) in [4.78, 5) is 4.29. The van der Waals surface area contributed by atoms with Crippen molar-refractivity contribution in [2.24, 2.45) is 16.6 Å². The van der Waals surface area contributed by atoms with Crippen LogP contribution in [0.4, 0.5) is 0 Å². The molecule has 1 fully saturated rings. The highest BCUT2D eigenvalue weighted by atomic mass is 127. The Bertz CT molecular complexity index is 419. The number of nitrogens with one attached hydrogen (secondary N) is 1. The first-order valence-corrected chi connectivity index (χ1v) is 6.54. The Balaban J connectivity index is 0.00000180. The number of halogens is 1. The van der Waals surface area contributed by atoms with Crippen LogP contribution in [-0.4, -0.2) is 19.1 Å². The predicted octanol–water partition coefficient (Wildman–Crippen LogP) is 2.52. The van der Waals surface area contributed by atoms with Crippen LogP contribution in [0.5, 0.6) is 5.75 Å². The SMILES string of the molecule is CCNC(N)=NCc1ccccc1OCC1CC1.I. The number of ether oxygens (including phenoxy) is 1. The first-order chi connectivity index (χ1) is 8.79. The molecule has 0 unspecified atom stereocenters. The van der Waals surface area contributed by atoms with Crippen molar-refractivity contribution in [2.45, 2.75) is 26.3 Å². The van der Waals surface area contributed by atoms with Gasteiger partial charge in [0.15, 0.2) is 5.96 Å². The minimum Gasteiger partial charge on any atom is -0.493 e. The maximum absolute atomic E-state index is 5.82. The van der Waals surface area contributed by atoms with Crippen LogP contribution in [0.25, 0.3) is 0 Å². The molecule has 106 valence electrons. The van der Waals surface area contributed by atoms with E-state index in [2.05, 4.69) is 10.3 Å². The molecule has 0 aliphatic heterocycles. The molecule has 1 aliphatic carbocycles. The van der Waals surface area contributed by atoms with E-state index in [1.165, 1.54) is 12.8 Å². The third-order valence-electron chi connectivity index (χ3n) is 2.92. The zero-order valence-electron chi connectivity index (χ0n) is 11.3. The average Bonchev–Trinajstić information content (AvgIpc) is 3.19. The maximum atomic E-state index is 5.82. The Labute approximate surface area is 131 Å². The second kappa shape index (κ2) is 8.24. The normalized spacial score (nSPS) is 14.7. The molecule has 1 aromatic carbocycles. The first-order valence-electron chi connectivity index (χ1n) is 6.54. The summed E-state index contributed by atoms with van der Waals surface area (Å²) in [5.74, 6) is 2.17. The van der Waals surface area contributed by atoms with E-state index >= 15 is 0 Å². The molecule has 1 aliphatic rings. The number of para-hydroxylation sites is 1. The number of rotatable bonds is 6. The molecule has 1 aromatic rings. The largest absolute Gasteiger partial charge is 0.493 e. The summed E-state index contributed by atoms with van der Waals surface area (Å²) in [5, 5.41) is 2.98. The van der Waals surface area contributed by atoms with Gasteiger partial charge in [0.2, 0.25) is 0 Å². The quantitative estimate of drug-likeness (QED) is 0.456. The van der Waals surface area contributed by atoms with Gasteiger partial charge in [0.05, 0.1) is 13.2 Å². The standard InChI is InChI=1S/C14H21N3O.HI/c1-2-16-14(15)17-9-12-5-3-4-6-13(12)18-10-11-7-8-11;/h3-6,11H,2,7-10H2,1H3,(H3,15,16,17);1H. The zero-order valence-corrected chi connectivity index (χ0v) is 13.6. The van der Waals surface area contributed by atoms with Gasteiger partial charge in [-0.1, -0.05) is 18.2 Å². The van der Waals surface area contributed by atoms with E-state index in [4.69, 9.17) is 10.5 Å². The number of guanidine groups is 1. The summed E-state index contributed by atoms with van der Waals surface area (Å²) in [6.07, 6.45) is 2.60. The van der Waals surface area contributed by atoms with E-state index < -0.39 is 0 Å². The van der Waals surface area contributed by atoms with Crippen molar-refractivity contribution < 1.29 is 4.74 Å². The van der Waals surface area contributed by atoms with Crippen LogP contribution in [0.3, 0.4) is 0 Å². The van der Waals surface area contributed by atoms with Crippen LogP contribution in [-0.2, 0) is 6.54 Å². The Hall–Kier alpha value is -0.980. The minimum atomic E-state index is 0. The maximum Gasteiger partial charge on any atom is 0.188 e. The predicted molar refractivity (Wildman–Crippen MR) is 89.1 cm³/mol. The van der Waals surface area contributed by atoms with E-state index in [1.807, 2.05) is 31.2 Å². The molecule has 0 amide bonds. The monoisotopic (exact) mass is 375 g/mol. The van der Waals surface area contributed by atoms with E-state index in [0.29, 0.717) is 12.5 Å².